The molecule has 19 heavy (non-hydrogen) atoms. The summed E-state index contributed by atoms with van der Waals surface area (Å²) in [6.45, 7) is 7.93. The number of rotatable bonds is 5. The largest absolute Gasteiger partial charge is 0.330 e. The van der Waals surface area contributed by atoms with E-state index < -0.39 is 0 Å². The van der Waals surface area contributed by atoms with Gasteiger partial charge < -0.3 is 14.8 Å². The zero-order valence-corrected chi connectivity index (χ0v) is 12.8. The van der Waals surface area contributed by atoms with Gasteiger partial charge in [0.25, 0.3) is 0 Å². The molecule has 1 aromatic rings. The summed E-state index contributed by atoms with van der Waals surface area (Å²) in [6, 6.07) is 0.509. The molecule has 0 radical (unpaired) electrons. The summed E-state index contributed by atoms with van der Waals surface area (Å²) in [5.41, 5.74) is 1.41. The van der Waals surface area contributed by atoms with Crippen molar-refractivity contribution in [2.45, 2.75) is 38.6 Å². The SMILES string of the molecule is CC(C)C(CN(C)C)n1cncc1C1CCCNC1. The van der Waals surface area contributed by atoms with Gasteiger partial charge in [-0.2, -0.15) is 0 Å². The molecule has 0 saturated carbocycles. The second kappa shape index (κ2) is 6.53. The summed E-state index contributed by atoms with van der Waals surface area (Å²) >= 11 is 0. The topological polar surface area (TPSA) is 33.1 Å². The average Bonchev–Trinajstić information content (AvgIpc) is 2.85. The number of hydrogen-bond acceptors (Lipinski definition) is 3. The average molecular weight is 264 g/mol. The molecule has 2 rings (SSSR count). The van der Waals surface area contributed by atoms with Crippen molar-refractivity contribution in [3.8, 4) is 0 Å². The van der Waals surface area contributed by atoms with E-state index in [0.717, 1.165) is 19.6 Å². The Bertz CT molecular complexity index is 377. The second-order valence-electron chi connectivity index (χ2n) is 6.34. The van der Waals surface area contributed by atoms with Crippen LogP contribution in [0.25, 0.3) is 0 Å². The number of likely N-dealkylation sites (N-methyl/N-ethyl adjacent to an activating group) is 1. The minimum Gasteiger partial charge on any atom is -0.330 e. The van der Waals surface area contributed by atoms with Crippen molar-refractivity contribution in [1.82, 2.24) is 19.8 Å². The standard InChI is InChI=1S/C15H28N4/c1-12(2)15(10-18(3)4)19-11-17-9-14(19)13-6-5-7-16-8-13/h9,11-13,15-16H,5-8,10H2,1-4H3. The molecule has 2 unspecified atom stereocenters. The summed E-state index contributed by atoms with van der Waals surface area (Å²) in [4.78, 5) is 6.70. The van der Waals surface area contributed by atoms with E-state index >= 15 is 0 Å². The Morgan fingerprint density at radius 2 is 2.26 bits per heavy atom. The molecule has 0 amide bonds. The van der Waals surface area contributed by atoms with Gasteiger partial charge in [0.1, 0.15) is 0 Å². The van der Waals surface area contributed by atoms with Crippen LogP contribution in [0.2, 0.25) is 0 Å². The first kappa shape index (κ1) is 14.5. The molecule has 0 bridgehead atoms. The Hall–Kier alpha value is -0.870. The highest BCUT2D eigenvalue weighted by Crippen LogP contribution is 2.28. The number of hydrogen-bond donors (Lipinski definition) is 1. The van der Waals surface area contributed by atoms with Crippen LogP contribution in [0.5, 0.6) is 0 Å². The van der Waals surface area contributed by atoms with Crippen LogP contribution >= 0.6 is 0 Å². The predicted molar refractivity (Wildman–Crippen MR) is 79.5 cm³/mol. The van der Waals surface area contributed by atoms with Gasteiger partial charge in [0.05, 0.1) is 6.33 Å². The molecule has 0 aliphatic carbocycles. The molecule has 1 saturated heterocycles. The fourth-order valence-corrected chi connectivity index (χ4v) is 3.01. The normalized spacial score (nSPS) is 22.1. The van der Waals surface area contributed by atoms with Crippen molar-refractivity contribution < 1.29 is 0 Å². The van der Waals surface area contributed by atoms with Crippen LogP contribution < -0.4 is 5.32 Å². The molecular weight excluding hydrogens is 236 g/mol. The smallest absolute Gasteiger partial charge is 0.0951 e. The molecule has 108 valence electrons. The van der Waals surface area contributed by atoms with Crippen LogP contribution in [0, 0.1) is 5.92 Å². The van der Waals surface area contributed by atoms with Gasteiger partial charge in [0.15, 0.2) is 0 Å². The van der Waals surface area contributed by atoms with E-state index in [1.165, 1.54) is 18.5 Å². The van der Waals surface area contributed by atoms with E-state index in [2.05, 4.69) is 53.9 Å². The van der Waals surface area contributed by atoms with E-state index in [1.807, 2.05) is 6.33 Å². The molecule has 4 nitrogen and oxygen atoms in total. The molecule has 0 aromatic carbocycles. The maximum atomic E-state index is 4.42. The fraction of sp³-hybridized carbons (Fsp3) is 0.800. The zero-order valence-electron chi connectivity index (χ0n) is 12.8. The first-order valence-corrected chi connectivity index (χ1v) is 7.46. The Balaban J connectivity index is 2.20. The molecule has 0 spiro atoms. The van der Waals surface area contributed by atoms with Crippen molar-refractivity contribution in [2.24, 2.45) is 5.92 Å². The lowest BCUT2D eigenvalue weighted by molar-refractivity contribution is 0.260. The molecule has 2 atom stereocenters. The van der Waals surface area contributed by atoms with Crippen LogP contribution in [0.3, 0.4) is 0 Å². The predicted octanol–water partition coefficient (Wildman–Crippen LogP) is 2.11. The summed E-state index contributed by atoms with van der Waals surface area (Å²) < 4.78 is 2.42. The van der Waals surface area contributed by atoms with E-state index in [9.17, 15) is 0 Å². The van der Waals surface area contributed by atoms with Crippen LogP contribution in [0.15, 0.2) is 12.5 Å². The van der Waals surface area contributed by atoms with Crippen molar-refractivity contribution >= 4 is 0 Å². The molecule has 1 aliphatic heterocycles. The zero-order chi connectivity index (χ0) is 13.8. The minimum absolute atomic E-state index is 0.509. The van der Waals surface area contributed by atoms with Crippen LogP contribution in [-0.4, -0.2) is 48.2 Å². The van der Waals surface area contributed by atoms with Crippen LogP contribution in [-0.2, 0) is 0 Å². The number of piperidine rings is 1. The Kier molecular flexibility index (Phi) is 4.99. The third kappa shape index (κ3) is 3.57. The van der Waals surface area contributed by atoms with Gasteiger partial charge in [0.2, 0.25) is 0 Å². The van der Waals surface area contributed by atoms with E-state index in [1.54, 1.807) is 0 Å². The highest BCUT2D eigenvalue weighted by Gasteiger charge is 2.24. The monoisotopic (exact) mass is 264 g/mol. The molecule has 1 aliphatic rings. The number of aromatic nitrogens is 2. The van der Waals surface area contributed by atoms with Crippen molar-refractivity contribution in [1.29, 1.82) is 0 Å². The molecule has 1 fully saturated rings. The minimum atomic E-state index is 0.509. The second-order valence-corrected chi connectivity index (χ2v) is 6.34. The third-order valence-corrected chi connectivity index (χ3v) is 4.09. The number of imidazole rings is 1. The molecular formula is C15H28N4. The van der Waals surface area contributed by atoms with Crippen molar-refractivity contribution in [3.63, 3.8) is 0 Å². The lowest BCUT2D eigenvalue weighted by Gasteiger charge is -2.31. The van der Waals surface area contributed by atoms with Crippen molar-refractivity contribution in [2.75, 3.05) is 33.7 Å². The Morgan fingerprint density at radius 1 is 1.47 bits per heavy atom. The fourth-order valence-electron chi connectivity index (χ4n) is 3.01. The summed E-state index contributed by atoms with van der Waals surface area (Å²) in [7, 11) is 4.29. The first-order chi connectivity index (χ1) is 9.09. The summed E-state index contributed by atoms with van der Waals surface area (Å²) in [5.74, 6) is 1.24. The Labute approximate surface area is 117 Å². The van der Waals surface area contributed by atoms with Gasteiger partial charge in [-0.25, -0.2) is 4.98 Å². The highest BCUT2D eigenvalue weighted by atomic mass is 15.2. The van der Waals surface area contributed by atoms with E-state index in [0.29, 0.717) is 17.9 Å². The summed E-state index contributed by atoms with van der Waals surface area (Å²) in [6.07, 6.45) is 6.65. The Morgan fingerprint density at radius 3 is 2.84 bits per heavy atom. The molecule has 1 N–H and O–H groups in total. The van der Waals surface area contributed by atoms with Gasteiger partial charge in [-0.05, 0) is 39.4 Å². The lowest BCUT2D eigenvalue weighted by atomic mass is 9.95. The van der Waals surface area contributed by atoms with Gasteiger partial charge in [0, 0.05) is 36.9 Å². The van der Waals surface area contributed by atoms with Gasteiger partial charge in [-0.15, -0.1) is 0 Å². The van der Waals surface area contributed by atoms with Gasteiger partial charge >= 0.3 is 0 Å². The third-order valence-electron chi connectivity index (χ3n) is 4.09. The number of nitrogens with zero attached hydrogens (tertiary/aromatic N) is 3. The maximum Gasteiger partial charge on any atom is 0.0951 e. The first-order valence-electron chi connectivity index (χ1n) is 7.46. The quantitative estimate of drug-likeness (QED) is 0.884. The lowest BCUT2D eigenvalue weighted by Crippen LogP contribution is -2.33. The maximum absolute atomic E-state index is 4.42. The number of nitrogens with one attached hydrogen (secondary N) is 1. The van der Waals surface area contributed by atoms with Gasteiger partial charge in [-0.3, -0.25) is 0 Å². The molecule has 4 heteroatoms. The van der Waals surface area contributed by atoms with E-state index in [-0.39, 0.29) is 0 Å². The van der Waals surface area contributed by atoms with Crippen LogP contribution in [0.4, 0.5) is 0 Å². The molecule has 2 heterocycles. The van der Waals surface area contributed by atoms with Crippen molar-refractivity contribution in [3.05, 3.63) is 18.2 Å². The summed E-state index contributed by atoms with van der Waals surface area (Å²) in [5, 5.41) is 3.51. The highest BCUT2D eigenvalue weighted by molar-refractivity contribution is 5.10. The van der Waals surface area contributed by atoms with E-state index in [4.69, 9.17) is 0 Å². The molecule has 1 aromatic heterocycles. The van der Waals surface area contributed by atoms with Gasteiger partial charge in [-0.1, -0.05) is 13.8 Å². The van der Waals surface area contributed by atoms with Crippen LogP contribution in [0.1, 0.15) is 44.3 Å².